The van der Waals surface area contributed by atoms with Crippen LogP contribution < -0.4 is 4.74 Å². The summed E-state index contributed by atoms with van der Waals surface area (Å²) in [6.45, 7) is 2.12. The zero-order valence-corrected chi connectivity index (χ0v) is 18.5. The molecule has 0 radical (unpaired) electrons. The minimum atomic E-state index is 0.0517. The molecule has 0 amide bonds. The van der Waals surface area contributed by atoms with Crippen LogP contribution in [-0.4, -0.2) is 17.4 Å². The van der Waals surface area contributed by atoms with Crippen LogP contribution in [0.3, 0.4) is 0 Å². The second-order valence-corrected chi connectivity index (χ2v) is 8.91. The summed E-state index contributed by atoms with van der Waals surface area (Å²) in [6.07, 6.45) is 5.15. The molecule has 33 heavy (non-hydrogen) atoms. The second kappa shape index (κ2) is 8.52. The molecular weight excluding hydrogens is 410 g/mol. The van der Waals surface area contributed by atoms with Gasteiger partial charge in [-0.1, -0.05) is 24.3 Å². The predicted octanol–water partition coefficient (Wildman–Crippen LogP) is 5.22. The first kappa shape index (κ1) is 20.9. The Morgan fingerprint density at radius 3 is 2.61 bits per heavy atom. The van der Waals surface area contributed by atoms with Crippen molar-refractivity contribution in [3.8, 4) is 29.0 Å². The van der Waals surface area contributed by atoms with Gasteiger partial charge < -0.3 is 9.53 Å². The molecule has 5 rings (SSSR count). The van der Waals surface area contributed by atoms with Crippen molar-refractivity contribution in [2.45, 2.75) is 44.4 Å². The van der Waals surface area contributed by atoms with Crippen molar-refractivity contribution in [3.63, 3.8) is 0 Å². The molecule has 2 aromatic carbocycles. The summed E-state index contributed by atoms with van der Waals surface area (Å²) in [6, 6.07) is 18.1. The van der Waals surface area contributed by atoms with Crippen molar-refractivity contribution in [1.29, 1.82) is 10.5 Å². The summed E-state index contributed by atoms with van der Waals surface area (Å²) in [4.78, 5) is 16.2. The second-order valence-electron chi connectivity index (χ2n) is 8.91. The van der Waals surface area contributed by atoms with Crippen LogP contribution in [0, 0.1) is 22.7 Å². The van der Waals surface area contributed by atoms with Crippen LogP contribution in [0.25, 0.3) is 11.1 Å². The predicted molar refractivity (Wildman–Crippen MR) is 124 cm³/mol. The number of hydrogen-bond acceptors (Lipinski definition) is 5. The quantitative estimate of drug-likeness (QED) is 0.551. The van der Waals surface area contributed by atoms with E-state index in [9.17, 15) is 15.3 Å². The Kier molecular flexibility index (Phi) is 5.40. The van der Waals surface area contributed by atoms with E-state index in [2.05, 4.69) is 29.3 Å². The molecule has 1 aromatic heterocycles. The van der Waals surface area contributed by atoms with Gasteiger partial charge in [-0.3, -0.25) is 4.98 Å². The van der Waals surface area contributed by atoms with E-state index >= 15 is 0 Å². The molecule has 1 aliphatic heterocycles. The molecule has 0 fully saturated rings. The molecule has 2 aliphatic rings. The minimum Gasteiger partial charge on any atom is -0.491 e. The highest BCUT2D eigenvalue weighted by molar-refractivity contribution is 5.80. The van der Waals surface area contributed by atoms with E-state index < -0.39 is 0 Å². The number of pyridine rings is 1. The molecule has 0 bridgehead atoms. The van der Waals surface area contributed by atoms with Gasteiger partial charge in [0.1, 0.15) is 11.5 Å². The van der Waals surface area contributed by atoms with Gasteiger partial charge in [-0.25, -0.2) is 0 Å². The SMILES string of the molecule is CC(=O)CC1COc2cc(C[C@@H]3CCc4c(-c5c(C#N)cccc5C#N)cccc43)cnc21. The topological polar surface area (TPSA) is 86.8 Å². The first-order chi connectivity index (χ1) is 16.1. The molecule has 2 atom stereocenters. The van der Waals surface area contributed by atoms with Gasteiger partial charge in [-0.05, 0) is 72.6 Å². The van der Waals surface area contributed by atoms with Gasteiger partial charge in [-0.15, -0.1) is 0 Å². The fraction of sp³-hybridized carbons (Fsp3) is 0.286. The first-order valence-electron chi connectivity index (χ1n) is 11.3. The maximum atomic E-state index is 11.5. The molecule has 0 saturated carbocycles. The fourth-order valence-electron chi connectivity index (χ4n) is 5.30. The zero-order chi connectivity index (χ0) is 22.9. The van der Waals surface area contributed by atoms with Crippen molar-refractivity contribution in [2.24, 2.45) is 0 Å². The molecule has 3 aromatic rings. The molecular formula is C28H23N3O2. The number of carbonyl (C=O) groups excluding carboxylic acids is 1. The van der Waals surface area contributed by atoms with Gasteiger partial charge in [0.2, 0.25) is 0 Å². The monoisotopic (exact) mass is 433 g/mol. The van der Waals surface area contributed by atoms with E-state index in [1.165, 1.54) is 11.1 Å². The normalized spacial score (nSPS) is 18.0. The number of rotatable bonds is 5. The van der Waals surface area contributed by atoms with E-state index in [0.717, 1.165) is 47.4 Å². The third-order valence-electron chi connectivity index (χ3n) is 6.75. The van der Waals surface area contributed by atoms with Crippen LogP contribution in [0.2, 0.25) is 0 Å². The number of carbonyl (C=O) groups is 1. The van der Waals surface area contributed by atoms with E-state index in [1.807, 2.05) is 18.3 Å². The standard InChI is InChI=1S/C28H23N3O2/c1-17(32)10-22-16-33-26-12-18(15-31-28(22)26)11-19-8-9-24-23(19)6-3-7-25(24)27-20(13-29)4-2-5-21(27)14-30/h2-7,12,15,19,22H,8-11,16H2,1H3/t19-,22?/m0/s1. The maximum Gasteiger partial charge on any atom is 0.141 e. The molecule has 0 saturated heterocycles. The third-order valence-corrected chi connectivity index (χ3v) is 6.75. The molecule has 1 aliphatic carbocycles. The zero-order valence-electron chi connectivity index (χ0n) is 18.5. The molecule has 5 nitrogen and oxygen atoms in total. The highest BCUT2D eigenvalue weighted by Crippen LogP contribution is 2.43. The van der Waals surface area contributed by atoms with E-state index in [4.69, 9.17) is 4.74 Å². The maximum absolute atomic E-state index is 11.5. The van der Waals surface area contributed by atoms with E-state index in [0.29, 0.717) is 30.1 Å². The summed E-state index contributed by atoms with van der Waals surface area (Å²) in [7, 11) is 0. The number of Topliss-reactive ketones (excluding diaryl/α,β-unsaturated/α-hetero) is 1. The fourth-order valence-corrected chi connectivity index (χ4v) is 5.30. The number of nitriles is 2. The van der Waals surface area contributed by atoms with Crippen molar-refractivity contribution in [1.82, 2.24) is 4.98 Å². The Labute approximate surface area is 193 Å². The summed E-state index contributed by atoms with van der Waals surface area (Å²) in [5.74, 6) is 1.34. The van der Waals surface area contributed by atoms with Crippen LogP contribution in [0.15, 0.2) is 48.7 Å². The van der Waals surface area contributed by atoms with Gasteiger partial charge in [-0.2, -0.15) is 10.5 Å². The van der Waals surface area contributed by atoms with Crippen LogP contribution in [-0.2, 0) is 17.6 Å². The van der Waals surface area contributed by atoms with Crippen molar-refractivity contribution >= 4 is 5.78 Å². The highest BCUT2D eigenvalue weighted by atomic mass is 16.5. The third kappa shape index (κ3) is 3.77. The Morgan fingerprint density at radius 1 is 1.12 bits per heavy atom. The lowest BCUT2D eigenvalue weighted by atomic mass is 9.88. The van der Waals surface area contributed by atoms with Crippen LogP contribution in [0.4, 0.5) is 0 Å². The number of benzene rings is 2. The van der Waals surface area contributed by atoms with Crippen LogP contribution in [0.5, 0.6) is 5.75 Å². The van der Waals surface area contributed by atoms with Gasteiger partial charge in [0.25, 0.3) is 0 Å². The van der Waals surface area contributed by atoms with Gasteiger partial charge in [0.15, 0.2) is 0 Å². The average molecular weight is 434 g/mol. The van der Waals surface area contributed by atoms with Crippen molar-refractivity contribution in [3.05, 3.63) is 82.2 Å². The number of ketones is 1. The smallest absolute Gasteiger partial charge is 0.141 e. The van der Waals surface area contributed by atoms with Gasteiger partial charge in [0, 0.05) is 24.1 Å². The number of ether oxygens (including phenoxy) is 1. The number of fused-ring (bicyclic) bond motifs is 2. The van der Waals surface area contributed by atoms with Crippen molar-refractivity contribution < 1.29 is 9.53 Å². The molecule has 0 N–H and O–H groups in total. The molecule has 5 heteroatoms. The van der Waals surface area contributed by atoms with Crippen LogP contribution >= 0.6 is 0 Å². The lowest BCUT2D eigenvalue weighted by Gasteiger charge is -2.15. The average Bonchev–Trinajstić information content (AvgIpc) is 3.42. The Hall–Kier alpha value is -3.96. The first-order valence-corrected chi connectivity index (χ1v) is 11.3. The molecule has 0 spiro atoms. The molecule has 1 unspecified atom stereocenters. The van der Waals surface area contributed by atoms with Gasteiger partial charge in [0.05, 0.1) is 35.6 Å². The lowest BCUT2D eigenvalue weighted by molar-refractivity contribution is -0.117. The van der Waals surface area contributed by atoms with Crippen LogP contribution in [0.1, 0.15) is 65.1 Å². The minimum absolute atomic E-state index is 0.0517. The number of nitrogens with zero attached hydrogens (tertiary/aromatic N) is 3. The van der Waals surface area contributed by atoms with E-state index in [-0.39, 0.29) is 11.7 Å². The van der Waals surface area contributed by atoms with E-state index in [1.54, 1.807) is 25.1 Å². The summed E-state index contributed by atoms with van der Waals surface area (Å²) in [5.41, 5.74) is 7.32. The molecule has 2 heterocycles. The van der Waals surface area contributed by atoms with Gasteiger partial charge >= 0.3 is 0 Å². The lowest BCUT2D eigenvalue weighted by Crippen LogP contribution is -2.06. The largest absolute Gasteiger partial charge is 0.491 e. The van der Waals surface area contributed by atoms with Crippen molar-refractivity contribution in [2.75, 3.05) is 6.61 Å². The Morgan fingerprint density at radius 2 is 1.88 bits per heavy atom. The Balaban J connectivity index is 1.45. The Bertz CT molecular complexity index is 1310. The highest BCUT2D eigenvalue weighted by Gasteiger charge is 2.29. The molecule has 162 valence electrons. The summed E-state index contributed by atoms with van der Waals surface area (Å²) in [5, 5.41) is 19.3. The summed E-state index contributed by atoms with van der Waals surface area (Å²) >= 11 is 0. The number of hydrogen-bond donors (Lipinski definition) is 0. The number of aromatic nitrogens is 1. The summed E-state index contributed by atoms with van der Waals surface area (Å²) < 4.78 is 5.84.